The number of unbranched alkanes of at least 4 members (excludes halogenated alkanes) is 1. The number of hydrogen-bond acceptors (Lipinski definition) is 2. The molecule has 2 fully saturated rings. The van der Waals surface area contributed by atoms with Crippen molar-refractivity contribution in [2.75, 3.05) is 13.2 Å². The predicted molar refractivity (Wildman–Crippen MR) is 113 cm³/mol. The van der Waals surface area contributed by atoms with Gasteiger partial charge in [-0.25, -0.2) is 0 Å². The van der Waals surface area contributed by atoms with Gasteiger partial charge in [-0.3, -0.25) is 0 Å². The van der Waals surface area contributed by atoms with Crippen molar-refractivity contribution in [3.05, 3.63) is 23.8 Å². The van der Waals surface area contributed by atoms with Gasteiger partial charge in [0.15, 0.2) is 11.5 Å². The summed E-state index contributed by atoms with van der Waals surface area (Å²) in [5, 5.41) is 0. The molecule has 1 aromatic carbocycles. The van der Waals surface area contributed by atoms with Gasteiger partial charge in [-0.05, 0) is 81.3 Å². The Bertz CT molecular complexity index is 617. The number of rotatable bonds is 9. The van der Waals surface area contributed by atoms with Gasteiger partial charge in [0.1, 0.15) is 0 Å². The molecule has 2 saturated carbocycles. The summed E-state index contributed by atoms with van der Waals surface area (Å²) in [6.07, 6.45) is 14.6. The fourth-order valence-corrected chi connectivity index (χ4v) is 5.37. The highest BCUT2D eigenvalue weighted by Crippen LogP contribution is 2.42. The van der Waals surface area contributed by atoms with Crippen LogP contribution in [-0.4, -0.2) is 13.2 Å². The van der Waals surface area contributed by atoms with E-state index in [-0.39, 0.29) is 11.5 Å². The first-order valence-electron chi connectivity index (χ1n) is 11.9. The summed E-state index contributed by atoms with van der Waals surface area (Å²) in [5.41, 5.74) is 0. The van der Waals surface area contributed by atoms with E-state index in [4.69, 9.17) is 9.47 Å². The van der Waals surface area contributed by atoms with Crippen LogP contribution in [0.15, 0.2) is 12.1 Å². The molecule has 0 N–H and O–H groups in total. The van der Waals surface area contributed by atoms with Crippen molar-refractivity contribution in [2.45, 2.75) is 84.5 Å². The zero-order chi connectivity index (χ0) is 20.6. The molecule has 29 heavy (non-hydrogen) atoms. The van der Waals surface area contributed by atoms with Crippen molar-refractivity contribution in [2.24, 2.45) is 23.7 Å². The molecule has 0 spiro atoms. The van der Waals surface area contributed by atoms with Crippen LogP contribution in [-0.2, 0) is 0 Å². The van der Waals surface area contributed by atoms with Crippen LogP contribution in [0.3, 0.4) is 0 Å². The van der Waals surface area contributed by atoms with Gasteiger partial charge in [-0.15, -0.1) is 0 Å². The van der Waals surface area contributed by atoms with Crippen molar-refractivity contribution in [3.63, 3.8) is 0 Å². The molecule has 0 atom stereocenters. The first-order valence-corrected chi connectivity index (χ1v) is 11.9. The molecule has 4 heteroatoms. The average Bonchev–Trinajstić information content (AvgIpc) is 2.76. The zero-order valence-electron chi connectivity index (χ0n) is 18.2. The number of ether oxygens (including phenoxy) is 2. The Morgan fingerprint density at radius 1 is 0.759 bits per heavy atom. The fraction of sp³-hybridized carbons (Fsp3) is 0.760. The average molecular weight is 409 g/mol. The molecule has 2 aliphatic carbocycles. The molecule has 0 radical (unpaired) electrons. The maximum absolute atomic E-state index is 14.2. The van der Waals surface area contributed by atoms with Crippen molar-refractivity contribution in [1.82, 2.24) is 0 Å². The normalized spacial score (nSPS) is 27.6. The third-order valence-corrected chi connectivity index (χ3v) is 7.20. The Hall–Kier alpha value is -1.32. The lowest BCUT2D eigenvalue weighted by molar-refractivity contribution is 0.120. The SMILES string of the molecule is CCCC[C@H]1CC[C@H](C2CCC(COc3ccc(OCC)c(F)c3F)CC2)CC1. The first kappa shape index (κ1) is 22.4. The maximum atomic E-state index is 14.2. The van der Waals surface area contributed by atoms with Gasteiger partial charge < -0.3 is 9.47 Å². The molecular weight excluding hydrogens is 370 g/mol. The summed E-state index contributed by atoms with van der Waals surface area (Å²) in [5.74, 6) is 1.24. The van der Waals surface area contributed by atoms with Crippen LogP contribution in [0.2, 0.25) is 0 Å². The highest BCUT2D eigenvalue weighted by Gasteiger charge is 2.31. The molecule has 0 heterocycles. The second kappa shape index (κ2) is 11.2. The van der Waals surface area contributed by atoms with E-state index in [0.717, 1.165) is 30.6 Å². The van der Waals surface area contributed by atoms with Gasteiger partial charge in [0.25, 0.3) is 0 Å². The zero-order valence-corrected chi connectivity index (χ0v) is 18.2. The van der Waals surface area contributed by atoms with Crippen LogP contribution < -0.4 is 9.47 Å². The van der Waals surface area contributed by atoms with Crippen LogP contribution in [0, 0.1) is 35.3 Å². The Morgan fingerprint density at radius 3 is 1.79 bits per heavy atom. The van der Waals surface area contributed by atoms with E-state index >= 15 is 0 Å². The third kappa shape index (κ3) is 6.08. The summed E-state index contributed by atoms with van der Waals surface area (Å²) in [6.45, 7) is 4.81. The molecule has 0 saturated heterocycles. The number of halogens is 2. The van der Waals surface area contributed by atoms with Crippen molar-refractivity contribution in [1.29, 1.82) is 0 Å². The minimum atomic E-state index is -0.956. The Kier molecular flexibility index (Phi) is 8.62. The minimum Gasteiger partial charge on any atom is -0.491 e. The summed E-state index contributed by atoms with van der Waals surface area (Å²) in [6, 6.07) is 2.93. The van der Waals surface area contributed by atoms with E-state index in [1.807, 2.05) is 0 Å². The molecule has 0 bridgehead atoms. The summed E-state index contributed by atoms with van der Waals surface area (Å²) in [7, 11) is 0. The molecule has 2 nitrogen and oxygen atoms in total. The van der Waals surface area contributed by atoms with Crippen LogP contribution in [0.4, 0.5) is 8.78 Å². The molecule has 1 aromatic rings. The van der Waals surface area contributed by atoms with E-state index in [2.05, 4.69) is 6.92 Å². The maximum Gasteiger partial charge on any atom is 0.204 e. The summed E-state index contributed by atoms with van der Waals surface area (Å²) < 4.78 is 38.9. The molecule has 0 aromatic heterocycles. The quantitative estimate of drug-likeness (QED) is 0.420. The van der Waals surface area contributed by atoms with Gasteiger partial charge in [-0.1, -0.05) is 39.0 Å². The van der Waals surface area contributed by atoms with Crippen molar-refractivity contribution >= 4 is 0 Å². The third-order valence-electron chi connectivity index (χ3n) is 7.20. The van der Waals surface area contributed by atoms with Crippen molar-refractivity contribution in [3.8, 4) is 11.5 Å². The lowest BCUT2D eigenvalue weighted by Crippen LogP contribution is -2.27. The van der Waals surface area contributed by atoms with E-state index < -0.39 is 11.6 Å². The van der Waals surface area contributed by atoms with Crippen LogP contribution in [0.5, 0.6) is 11.5 Å². The van der Waals surface area contributed by atoms with Crippen LogP contribution in [0.1, 0.15) is 84.5 Å². The molecule has 3 rings (SSSR count). The summed E-state index contributed by atoms with van der Waals surface area (Å²) >= 11 is 0. The van der Waals surface area contributed by atoms with Gasteiger partial charge in [0, 0.05) is 0 Å². The molecule has 0 amide bonds. The van der Waals surface area contributed by atoms with E-state index in [1.54, 1.807) is 6.92 Å². The van der Waals surface area contributed by atoms with Gasteiger partial charge in [0.05, 0.1) is 13.2 Å². The van der Waals surface area contributed by atoms with Gasteiger partial charge in [-0.2, -0.15) is 8.78 Å². The lowest BCUT2D eigenvalue weighted by Gasteiger charge is -2.38. The first-order chi connectivity index (χ1) is 14.1. The Labute approximate surface area is 175 Å². The smallest absolute Gasteiger partial charge is 0.204 e. The van der Waals surface area contributed by atoms with Gasteiger partial charge in [0.2, 0.25) is 11.6 Å². The van der Waals surface area contributed by atoms with E-state index in [9.17, 15) is 8.78 Å². The molecular formula is C25H38F2O2. The topological polar surface area (TPSA) is 18.5 Å². The number of benzene rings is 1. The minimum absolute atomic E-state index is 0.00141. The Morgan fingerprint density at radius 2 is 1.28 bits per heavy atom. The Balaban J connectivity index is 1.40. The highest BCUT2D eigenvalue weighted by molar-refractivity contribution is 5.35. The van der Waals surface area contributed by atoms with Crippen molar-refractivity contribution < 1.29 is 18.3 Å². The van der Waals surface area contributed by atoms with E-state index in [1.165, 1.54) is 69.9 Å². The second-order valence-corrected chi connectivity index (χ2v) is 9.14. The molecule has 2 aliphatic rings. The van der Waals surface area contributed by atoms with E-state index in [0.29, 0.717) is 19.1 Å². The number of hydrogen-bond donors (Lipinski definition) is 0. The fourth-order valence-electron chi connectivity index (χ4n) is 5.37. The monoisotopic (exact) mass is 408 g/mol. The largest absolute Gasteiger partial charge is 0.491 e. The molecule has 164 valence electrons. The van der Waals surface area contributed by atoms with Crippen LogP contribution in [0.25, 0.3) is 0 Å². The van der Waals surface area contributed by atoms with Crippen LogP contribution >= 0.6 is 0 Å². The second-order valence-electron chi connectivity index (χ2n) is 9.14. The lowest BCUT2D eigenvalue weighted by atomic mass is 9.69. The van der Waals surface area contributed by atoms with Gasteiger partial charge >= 0.3 is 0 Å². The predicted octanol–water partition coefficient (Wildman–Crippen LogP) is 7.55. The highest BCUT2D eigenvalue weighted by atomic mass is 19.2. The molecule has 0 unspecified atom stereocenters. The summed E-state index contributed by atoms with van der Waals surface area (Å²) in [4.78, 5) is 0. The standard InChI is InChI=1S/C25H38F2O2/c1-3-5-6-18-7-11-20(12-8-18)21-13-9-19(10-14-21)17-29-23-16-15-22(28-4-2)24(26)25(23)27/h15-16,18-21H,3-14,17H2,1-2H3/t18-,19?,20-,21?. The molecule has 0 aliphatic heterocycles.